The molecule has 0 unspecified atom stereocenters. The molecule has 4 nitrogen and oxygen atoms in total. The molecule has 0 fully saturated rings. The molecule has 0 aliphatic carbocycles. The summed E-state index contributed by atoms with van der Waals surface area (Å²) < 4.78 is 14.3. The van der Waals surface area contributed by atoms with E-state index in [2.05, 4.69) is 41.8 Å². The number of imidazole rings is 1. The van der Waals surface area contributed by atoms with Gasteiger partial charge < -0.3 is 14.0 Å². The van der Waals surface area contributed by atoms with Crippen LogP contribution in [-0.4, -0.2) is 16.2 Å². The summed E-state index contributed by atoms with van der Waals surface area (Å²) in [6, 6.07) is 20.6. The second-order valence-corrected chi connectivity index (χ2v) is 8.76. The zero-order chi connectivity index (χ0) is 23.2. The van der Waals surface area contributed by atoms with Crippen molar-refractivity contribution in [1.29, 1.82) is 0 Å². The van der Waals surface area contributed by atoms with Gasteiger partial charge in [0.25, 0.3) is 0 Å². The Balaban J connectivity index is 1.37. The summed E-state index contributed by atoms with van der Waals surface area (Å²) in [5.74, 6) is 2.69. The second kappa shape index (κ2) is 10.8. The van der Waals surface area contributed by atoms with Crippen molar-refractivity contribution in [2.45, 2.75) is 53.2 Å². The van der Waals surface area contributed by atoms with Gasteiger partial charge in [-0.3, -0.25) is 0 Å². The fourth-order valence-electron chi connectivity index (χ4n) is 4.01. The molecule has 0 saturated carbocycles. The summed E-state index contributed by atoms with van der Waals surface area (Å²) >= 11 is 6.26. The Labute approximate surface area is 201 Å². The lowest BCUT2D eigenvalue weighted by atomic mass is 10.1. The van der Waals surface area contributed by atoms with E-state index < -0.39 is 0 Å². The smallest absolute Gasteiger partial charge is 0.147 e. The van der Waals surface area contributed by atoms with Gasteiger partial charge in [-0.15, -0.1) is 0 Å². The monoisotopic (exact) mass is 462 g/mol. The molecule has 1 heterocycles. The summed E-state index contributed by atoms with van der Waals surface area (Å²) in [6.07, 6.45) is 2.97. The highest BCUT2D eigenvalue weighted by molar-refractivity contribution is 6.32. The van der Waals surface area contributed by atoms with Crippen molar-refractivity contribution in [3.8, 4) is 11.5 Å². The number of fused-ring (bicyclic) bond motifs is 1. The molecule has 3 aromatic carbocycles. The summed E-state index contributed by atoms with van der Waals surface area (Å²) in [6.45, 7) is 8.15. The number of unbranched alkanes of at least 4 members (excludes halogenated alkanes) is 1. The maximum atomic E-state index is 6.26. The van der Waals surface area contributed by atoms with Crippen LogP contribution in [0.4, 0.5) is 0 Å². The van der Waals surface area contributed by atoms with Gasteiger partial charge in [0.1, 0.15) is 23.9 Å². The molecule has 1 aromatic heterocycles. The standard InChI is InChI=1S/C28H31ClN2O2/c1-4-22-11-13-23(14-12-22)33-19-27-30-25-9-5-6-10-26(25)31(27)15-7-8-16-32-24-17-20(2)28(29)21(3)18-24/h5-6,9-14,17-18H,4,7-8,15-16,19H2,1-3H3. The largest absolute Gasteiger partial charge is 0.494 e. The Morgan fingerprint density at radius 3 is 2.33 bits per heavy atom. The molecule has 0 aliphatic rings. The minimum Gasteiger partial charge on any atom is -0.494 e. The molecule has 0 spiro atoms. The van der Waals surface area contributed by atoms with E-state index >= 15 is 0 Å². The van der Waals surface area contributed by atoms with Crippen LogP contribution in [0.15, 0.2) is 60.7 Å². The lowest BCUT2D eigenvalue weighted by Crippen LogP contribution is -2.09. The number of hydrogen-bond acceptors (Lipinski definition) is 3. The second-order valence-electron chi connectivity index (χ2n) is 8.38. The molecule has 0 amide bonds. The summed E-state index contributed by atoms with van der Waals surface area (Å²) in [5.41, 5.74) is 5.54. The van der Waals surface area contributed by atoms with E-state index in [9.17, 15) is 0 Å². The summed E-state index contributed by atoms with van der Waals surface area (Å²) in [5, 5.41) is 0.811. The van der Waals surface area contributed by atoms with Crippen LogP contribution in [0.3, 0.4) is 0 Å². The Bertz CT molecular complexity index is 1190. The molecule has 0 aliphatic heterocycles. The number of nitrogens with zero attached hydrogens (tertiary/aromatic N) is 2. The average Bonchev–Trinajstić information content (AvgIpc) is 3.18. The Morgan fingerprint density at radius 2 is 1.61 bits per heavy atom. The van der Waals surface area contributed by atoms with Gasteiger partial charge in [0.05, 0.1) is 17.6 Å². The van der Waals surface area contributed by atoms with Gasteiger partial charge in [-0.2, -0.15) is 0 Å². The minimum atomic E-state index is 0.444. The van der Waals surface area contributed by atoms with Gasteiger partial charge in [0, 0.05) is 11.6 Å². The highest BCUT2D eigenvalue weighted by Gasteiger charge is 2.11. The third-order valence-electron chi connectivity index (χ3n) is 5.89. The number of rotatable bonds is 10. The predicted octanol–water partition coefficient (Wildman–Crippen LogP) is 7.31. The van der Waals surface area contributed by atoms with Crippen molar-refractivity contribution in [2.75, 3.05) is 6.61 Å². The van der Waals surface area contributed by atoms with Gasteiger partial charge in [-0.25, -0.2) is 4.98 Å². The number of hydrogen-bond donors (Lipinski definition) is 0. The van der Waals surface area contributed by atoms with Crippen LogP contribution in [0.1, 0.15) is 42.3 Å². The van der Waals surface area contributed by atoms with Crippen molar-refractivity contribution in [1.82, 2.24) is 9.55 Å². The molecule has 0 atom stereocenters. The van der Waals surface area contributed by atoms with Crippen LogP contribution in [0.5, 0.6) is 11.5 Å². The van der Waals surface area contributed by atoms with Gasteiger partial charge in [-0.1, -0.05) is 42.8 Å². The first-order chi connectivity index (χ1) is 16.0. The minimum absolute atomic E-state index is 0.444. The number of ether oxygens (including phenoxy) is 2. The average molecular weight is 463 g/mol. The first-order valence-corrected chi connectivity index (χ1v) is 12.0. The number of aromatic nitrogens is 2. The van der Waals surface area contributed by atoms with E-state index in [1.165, 1.54) is 5.56 Å². The number of aryl methyl sites for hydroxylation is 4. The summed E-state index contributed by atoms with van der Waals surface area (Å²) in [4.78, 5) is 4.83. The molecule has 0 bridgehead atoms. The van der Waals surface area contributed by atoms with Crippen molar-refractivity contribution < 1.29 is 9.47 Å². The third kappa shape index (κ3) is 5.69. The molecule has 0 N–H and O–H groups in total. The fraction of sp³-hybridized carbons (Fsp3) is 0.321. The van der Waals surface area contributed by atoms with Crippen LogP contribution < -0.4 is 9.47 Å². The highest BCUT2D eigenvalue weighted by Crippen LogP contribution is 2.26. The summed E-state index contributed by atoms with van der Waals surface area (Å²) in [7, 11) is 0. The van der Waals surface area contributed by atoms with Crippen LogP contribution in [-0.2, 0) is 19.6 Å². The van der Waals surface area contributed by atoms with Crippen LogP contribution in [0, 0.1) is 13.8 Å². The Hall–Kier alpha value is -2.98. The highest BCUT2D eigenvalue weighted by atomic mass is 35.5. The molecular weight excluding hydrogens is 432 g/mol. The van der Waals surface area contributed by atoms with Crippen molar-refractivity contribution >= 4 is 22.6 Å². The Kier molecular flexibility index (Phi) is 7.56. The first kappa shape index (κ1) is 23.2. The predicted molar refractivity (Wildman–Crippen MR) is 136 cm³/mol. The van der Waals surface area contributed by atoms with Crippen molar-refractivity contribution in [2.24, 2.45) is 0 Å². The van der Waals surface area contributed by atoms with Gasteiger partial charge in [-0.05, 0) is 86.2 Å². The van der Waals surface area contributed by atoms with E-state index in [4.69, 9.17) is 26.1 Å². The molecular formula is C28H31ClN2O2. The van der Waals surface area contributed by atoms with Gasteiger partial charge in [0.2, 0.25) is 0 Å². The van der Waals surface area contributed by atoms with E-state index in [1.807, 2.05) is 44.2 Å². The van der Waals surface area contributed by atoms with Crippen molar-refractivity contribution in [3.63, 3.8) is 0 Å². The van der Waals surface area contributed by atoms with E-state index in [1.54, 1.807) is 0 Å². The molecule has 4 aromatic rings. The van der Waals surface area contributed by atoms with Crippen LogP contribution in [0.25, 0.3) is 11.0 Å². The van der Waals surface area contributed by atoms with E-state index in [0.29, 0.717) is 13.2 Å². The van der Waals surface area contributed by atoms with E-state index in [-0.39, 0.29) is 0 Å². The third-order valence-corrected chi connectivity index (χ3v) is 6.48. The lowest BCUT2D eigenvalue weighted by Gasteiger charge is -2.12. The SMILES string of the molecule is CCc1ccc(OCc2nc3ccccc3n2CCCCOc2cc(C)c(Cl)c(C)c2)cc1. The van der Waals surface area contributed by atoms with Gasteiger partial charge >= 0.3 is 0 Å². The van der Waals surface area contributed by atoms with Crippen LogP contribution >= 0.6 is 11.6 Å². The maximum Gasteiger partial charge on any atom is 0.147 e. The quantitative estimate of drug-likeness (QED) is 0.232. The topological polar surface area (TPSA) is 36.3 Å². The molecule has 172 valence electrons. The maximum absolute atomic E-state index is 6.26. The van der Waals surface area contributed by atoms with Crippen molar-refractivity contribution in [3.05, 3.63) is 88.2 Å². The first-order valence-electron chi connectivity index (χ1n) is 11.6. The number of para-hydroxylation sites is 2. The molecule has 33 heavy (non-hydrogen) atoms. The Morgan fingerprint density at radius 1 is 0.879 bits per heavy atom. The fourth-order valence-corrected chi connectivity index (χ4v) is 4.11. The normalized spacial score (nSPS) is 11.2. The molecule has 4 rings (SSSR count). The zero-order valence-corrected chi connectivity index (χ0v) is 20.4. The van der Waals surface area contributed by atoms with E-state index in [0.717, 1.165) is 70.3 Å². The lowest BCUT2D eigenvalue weighted by molar-refractivity contribution is 0.285. The van der Waals surface area contributed by atoms with Crippen LogP contribution in [0.2, 0.25) is 5.02 Å². The number of benzene rings is 3. The zero-order valence-electron chi connectivity index (χ0n) is 19.6. The molecule has 5 heteroatoms. The number of halogens is 1. The molecule has 0 radical (unpaired) electrons. The molecule has 0 saturated heterocycles. The van der Waals surface area contributed by atoms with Gasteiger partial charge in [0.15, 0.2) is 0 Å².